The van der Waals surface area contributed by atoms with Crippen LogP contribution in [0.2, 0.25) is 5.02 Å². The molecule has 0 unspecified atom stereocenters. The average molecular weight is 570 g/mol. The summed E-state index contributed by atoms with van der Waals surface area (Å²) in [5, 5.41) is 3.43. The molecule has 9 heteroatoms. The zero-order chi connectivity index (χ0) is 28.4. The van der Waals surface area contributed by atoms with Crippen LogP contribution in [-0.2, 0) is 32.6 Å². The number of aryl methyl sites for hydroxylation is 1. The van der Waals surface area contributed by atoms with E-state index in [0.717, 1.165) is 40.1 Å². The molecule has 3 aromatic rings. The molecule has 39 heavy (non-hydrogen) atoms. The normalized spacial score (nSPS) is 12.0. The van der Waals surface area contributed by atoms with Crippen molar-refractivity contribution in [3.05, 3.63) is 101 Å². The van der Waals surface area contributed by atoms with Crippen molar-refractivity contribution in [2.45, 2.75) is 45.7 Å². The maximum Gasteiger partial charge on any atom is 0.244 e. The summed E-state index contributed by atoms with van der Waals surface area (Å²) >= 11 is 6.01. The minimum atomic E-state index is -3.82. The molecule has 208 valence electrons. The molecule has 1 atom stereocenters. The molecular weight excluding hydrogens is 534 g/mol. The number of carbonyl (C=O) groups excluding carboxylic acids is 2. The molecule has 3 aromatic carbocycles. The molecule has 7 nitrogen and oxygen atoms in total. The fraction of sp³-hybridized carbons (Fsp3) is 0.333. The van der Waals surface area contributed by atoms with Gasteiger partial charge in [-0.05, 0) is 48.7 Å². The van der Waals surface area contributed by atoms with E-state index < -0.39 is 28.5 Å². The molecule has 0 heterocycles. The lowest BCUT2D eigenvalue weighted by Crippen LogP contribution is -2.53. The van der Waals surface area contributed by atoms with Crippen LogP contribution < -0.4 is 9.62 Å². The number of carbonyl (C=O) groups is 2. The fourth-order valence-electron chi connectivity index (χ4n) is 4.17. The smallest absolute Gasteiger partial charge is 0.244 e. The van der Waals surface area contributed by atoms with E-state index in [1.165, 1.54) is 4.90 Å². The molecule has 0 saturated carbocycles. The van der Waals surface area contributed by atoms with E-state index in [-0.39, 0.29) is 18.9 Å². The van der Waals surface area contributed by atoms with Gasteiger partial charge in [-0.3, -0.25) is 13.9 Å². The van der Waals surface area contributed by atoms with Crippen LogP contribution in [0.15, 0.2) is 78.9 Å². The van der Waals surface area contributed by atoms with Gasteiger partial charge in [0.15, 0.2) is 0 Å². The molecular formula is C30H36ClN3O4S. The summed E-state index contributed by atoms with van der Waals surface area (Å²) in [5.41, 5.74) is 3.12. The molecule has 1 N–H and O–H groups in total. The highest BCUT2D eigenvalue weighted by Gasteiger charge is 2.32. The molecule has 0 bridgehead atoms. The maximum atomic E-state index is 14.0. The zero-order valence-corrected chi connectivity index (χ0v) is 24.2. The summed E-state index contributed by atoms with van der Waals surface area (Å²) in [6.07, 6.45) is 3.07. The van der Waals surface area contributed by atoms with Gasteiger partial charge < -0.3 is 10.2 Å². The van der Waals surface area contributed by atoms with Crippen molar-refractivity contribution in [3.8, 4) is 0 Å². The number of hydrogen-bond donors (Lipinski definition) is 1. The second kappa shape index (κ2) is 14.1. The number of hydrogen-bond acceptors (Lipinski definition) is 4. The topological polar surface area (TPSA) is 86.8 Å². The van der Waals surface area contributed by atoms with Gasteiger partial charge in [0, 0.05) is 24.5 Å². The molecule has 0 aliphatic rings. The summed E-state index contributed by atoms with van der Waals surface area (Å²) < 4.78 is 26.6. The number of amides is 2. The third-order valence-electron chi connectivity index (χ3n) is 6.37. The summed E-state index contributed by atoms with van der Waals surface area (Å²) in [7, 11) is -3.82. The van der Waals surface area contributed by atoms with Crippen molar-refractivity contribution < 1.29 is 18.0 Å². The van der Waals surface area contributed by atoms with E-state index in [4.69, 9.17) is 11.6 Å². The van der Waals surface area contributed by atoms with Crippen molar-refractivity contribution in [3.63, 3.8) is 0 Å². The van der Waals surface area contributed by atoms with Crippen LogP contribution >= 0.6 is 11.6 Å². The van der Waals surface area contributed by atoms with E-state index in [0.29, 0.717) is 17.3 Å². The van der Waals surface area contributed by atoms with Crippen molar-refractivity contribution in [1.29, 1.82) is 0 Å². The summed E-state index contributed by atoms with van der Waals surface area (Å²) in [5.74, 6) is -0.757. The number of nitrogens with one attached hydrogen (secondary N) is 1. The summed E-state index contributed by atoms with van der Waals surface area (Å²) in [6.45, 7) is 4.20. The number of anilines is 1. The predicted molar refractivity (Wildman–Crippen MR) is 157 cm³/mol. The molecule has 0 aliphatic heterocycles. The Bertz CT molecular complexity index is 1330. The van der Waals surface area contributed by atoms with E-state index in [2.05, 4.69) is 5.32 Å². The number of benzene rings is 3. The van der Waals surface area contributed by atoms with Crippen LogP contribution in [0.25, 0.3) is 0 Å². The van der Waals surface area contributed by atoms with Gasteiger partial charge in [0.1, 0.15) is 12.6 Å². The summed E-state index contributed by atoms with van der Waals surface area (Å²) in [6, 6.07) is 22.6. The first-order valence-electron chi connectivity index (χ1n) is 13.0. The number of halogens is 1. The minimum absolute atomic E-state index is 0.149. The third kappa shape index (κ3) is 9.11. The predicted octanol–water partition coefficient (Wildman–Crippen LogP) is 4.97. The molecule has 0 spiro atoms. The Labute approximate surface area is 236 Å². The Morgan fingerprint density at radius 1 is 0.923 bits per heavy atom. The van der Waals surface area contributed by atoms with Gasteiger partial charge >= 0.3 is 0 Å². The van der Waals surface area contributed by atoms with E-state index >= 15 is 0 Å². The largest absolute Gasteiger partial charge is 0.354 e. The average Bonchev–Trinajstić information content (AvgIpc) is 2.91. The summed E-state index contributed by atoms with van der Waals surface area (Å²) in [4.78, 5) is 29.0. The number of unbranched alkanes of at least 4 members (excludes halogenated alkanes) is 1. The maximum absolute atomic E-state index is 14.0. The lowest BCUT2D eigenvalue weighted by atomic mass is 10.0. The Morgan fingerprint density at radius 2 is 1.56 bits per heavy atom. The van der Waals surface area contributed by atoms with Gasteiger partial charge in [-0.2, -0.15) is 0 Å². The van der Waals surface area contributed by atoms with Crippen molar-refractivity contribution in [1.82, 2.24) is 10.2 Å². The monoisotopic (exact) mass is 569 g/mol. The van der Waals surface area contributed by atoms with Crippen LogP contribution in [0.1, 0.15) is 36.5 Å². The SMILES string of the molecule is CCCCNC(=O)[C@H](Cc1ccccc1)N(Cc1ccc(C)cc1)C(=O)CN(c1ccc(Cl)cc1)S(C)(=O)=O. The first kappa shape index (κ1) is 30.2. The quantitative estimate of drug-likeness (QED) is 0.294. The molecule has 0 fully saturated rings. The van der Waals surface area contributed by atoms with Gasteiger partial charge in [0.05, 0.1) is 11.9 Å². The highest BCUT2D eigenvalue weighted by Crippen LogP contribution is 2.22. The third-order valence-corrected chi connectivity index (χ3v) is 7.76. The van der Waals surface area contributed by atoms with Gasteiger partial charge in [-0.15, -0.1) is 0 Å². The number of nitrogens with zero attached hydrogens (tertiary/aromatic N) is 2. The molecule has 0 aliphatic carbocycles. The molecule has 0 radical (unpaired) electrons. The Morgan fingerprint density at radius 3 is 2.15 bits per heavy atom. The van der Waals surface area contributed by atoms with Crippen LogP contribution in [-0.4, -0.2) is 50.5 Å². The molecule has 0 aromatic heterocycles. The second-order valence-electron chi connectivity index (χ2n) is 9.60. The van der Waals surface area contributed by atoms with E-state index in [1.54, 1.807) is 24.3 Å². The van der Waals surface area contributed by atoms with Crippen molar-refractivity contribution >= 4 is 39.1 Å². The Hall–Kier alpha value is -3.36. The van der Waals surface area contributed by atoms with E-state index in [9.17, 15) is 18.0 Å². The first-order valence-corrected chi connectivity index (χ1v) is 15.2. The lowest BCUT2D eigenvalue weighted by molar-refractivity contribution is -0.140. The highest BCUT2D eigenvalue weighted by molar-refractivity contribution is 7.92. The number of sulfonamides is 1. The lowest BCUT2D eigenvalue weighted by Gasteiger charge is -2.33. The van der Waals surface area contributed by atoms with E-state index in [1.807, 2.05) is 68.4 Å². The first-order chi connectivity index (χ1) is 18.6. The standard InChI is InChI=1S/C30H36ClN3O4S/c1-4-5-19-32-30(36)28(20-24-9-7-6-8-10-24)33(21-25-13-11-23(2)12-14-25)29(35)22-34(39(3,37)38)27-17-15-26(31)16-18-27/h6-18,28H,4-5,19-22H2,1-3H3,(H,32,36)/t28-/m0/s1. The fourth-order valence-corrected chi connectivity index (χ4v) is 5.15. The molecule has 0 saturated heterocycles. The Kier molecular flexibility index (Phi) is 10.9. The van der Waals surface area contributed by atoms with Gasteiger partial charge in [-0.25, -0.2) is 8.42 Å². The molecule has 2 amide bonds. The second-order valence-corrected chi connectivity index (χ2v) is 11.9. The van der Waals surface area contributed by atoms with Crippen LogP contribution in [0.4, 0.5) is 5.69 Å². The number of rotatable bonds is 13. The van der Waals surface area contributed by atoms with Crippen molar-refractivity contribution in [2.24, 2.45) is 0 Å². The highest BCUT2D eigenvalue weighted by atomic mass is 35.5. The van der Waals surface area contributed by atoms with Crippen LogP contribution in [0, 0.1) is 6.92 Å². The van der Waals surface area contributed by atoms with Crippen LogP contribution in [0.5, 0.6) is 0 Å². The van der Waals surface area contributed by atoms with Gasteiger partial charge in [0.2, 0.25) is 21.8 Å². The van der Waals surface area contributed by atoms with Crippen LogP contribution in [0.3, 0.4) is 0 Å². The van der Waals surface area contributed by atoms with Gasteiger partial charge in [0.25, 0.3) is 0 Å². The minimum Gasteiger partial charge on any atom is -0.354 e. The Balaban J connectivity index is 2.01. The van der Waals surface area contributed by atoms with Gasteiger partial charge in [-0.1, -0.05) is 85.1 Å². The molecule has 3 rings (SSSR count). The van der Waals surface area contributed by atoms with Crippen molar-refractivity contribution in [2.75, 3.05) is 23.7 Å². The zero-order valence-electron chi connectivity index (χ0n) is 22.6.